The normalized spacial score (nSPS) is 21.0. The van der Waals surface area contributed by atoms with Crippen LogP contribution in [0.2, 0.25) is 0 Å². The molecule has 1 aromatic heterocycles. The lowest BCUT2D eigenvalue weighted by Crippen LogP contribution is -2.48. The number of hydrogen-bond donors (Lipinski definition) is 6. The number of sulfonamides is 1. The maximum Gasteiger partial charge on any atom is 0.240 e. The maximum absolute atomic E-state index is 14.3. The lowest BCUT2D eigenvalue weighted by atomic mass is 10.0. The molecule has 0 bridgehead atoms. The average Bonchev–Trinajstić information content (AvgIpc) is 3.23. The Morgan fingerprint density at radius 2 is 2.23 bits per heavy atom. The van der Waals surface area contributed by atoms with Crippen molar-refractivity contribution in [1.82, 2.24) is 25.3 Å². The third-order valence-corrected chi connectivity index (χ3v) is 6.65. The van der Waals surface area contributed by atoms with Crippen LogP contribution in [0.5, 0.6) is 0 Å². The minimum atomic E-state index is -4.25. The largest absolute Gasteiger partial charge is 0.390 e. The van der Waals surface area contributed by atoms with Gasteiger partial charge in [0.15, 0.2) is 0 Å². The van der Waals surface area contributed by atoms with Crippen LogP contribution in [-0.2, 0) is 10.0 Å². The van der Waals surface area contributed by atoms with Gasteiger partial charge in [0.25, 0.3) is 0 Å². The summed E-state index contributed by atoms with van der Waals surface area (Å²) in [4.78, 5) is 1.72. The van der Waals surface area contributed by atoms with Crippen LogP contribution in [0.25, 0.3) is 11.4 Å². The summed E-state index contributed by atoms with van der Waals surface area (Å²) in [5.74, 6) is 0.00347. The van der Waals surface area contributed by atoms with E-state index >= 15 is 0 Å². The summed E-state index contributed by atoms with van der Waals surface area (Å²) >= 11 is 0.962. The van der Waals surface area contributed by atoms with Crippen molar-refractivity contribution in [1.29, 1.82) is 0 Å². The van der Waals surface area contributed by atoms with Gasteiger partial charge < -0.3 is 21.5 Å². The monoisotopic (exact) mass is 461 g/mol. The van der Waals surface area contributed by atoms with Crippen molar-refractivity contribution < 1.29 is 17.9 Å². The number of H-pyrrole nitrogens is 1. The number of alkyl halides is 1. The Kier molecular flexibility index (Phi) is 7.22. The van der Waals surface area contributed by atoms with Gasteiger partial charge in [-0.2, -0.15) is 5.21 Å². The van der Waals surface area contributed by atoms with Crippen LogP contribution in [0.1, 0.15) is 6.42 Å². The van der Waals surface area contributed by atoms with Crippen molar-refractivity contribution in [2.45, 2.75) is 34.5 Å². The molecule has 166 valence electrons. The standard InChI is InChI=1S/C15H24FN9O3S2/c16-9-7-25(4-3-10(9)18)11-1-2-12(29-20-6-8(26)5-17)14(30(19,27)28)13(11)15-21-23-24-22-15/h1-2,8-10,20,26H,3-7,17-18H2,(H2,19,27,28)(H,21,22,23,24)/t8-,9-,10+/m1/s1. The van der Waals surface area contributed by atoms with Gasteiger partial charge in [-0.05, 0) is 35.7 Å². The van der Waals surface area contributed by atoms with Crippen LogP contribution < -0.4 is 26.2 Å². The van der Waals surface area contributed by atoms with E-state index in [1.54, 1.807) is 17.0 Å². The molecule has 2 heterocycles. The van der Waals surface area contributed by atoms with Crippen molar-refractivity contribution >= 4 is 27.7 Å². The predicted octanol–water partition coefficient (Wildman–Crippen LogP) is -1.69. The van der Waals surface area contributed by atoms with Gasteiger partial charge in [-0.1, -0.05) is 0 Å². The number of aliphatic hydroxyl groups is 1. The van der Waals surface area contributed by atoms with Crippen LogP contribution in [0.4, 0.5) is 10.1 Å². The Morgan fingerprint density at radius 3 is 2.83 bits per heavy atom. The number of benzene rings is 1. The molecule has 1 saturated heterocycles. The van der Waals surface area contributed by atoms with Gasteiger partial charge in [-0.3, -0.25) is 4.72 Å². The minimum absolute atomic E-state index is 0.00347. The van der Waals surface area contributed by atoms with Crippen LogP contribution in [0, 0.1) is 0 Å². The fourth-order valence-corrected chi connectivity index (χ4v) is 5.17. The van der Waals surface area contributed by atoms with Gasteiger partial charge in [0.05, 0.1) is 18.2 Å². The number of tetrazole rings is 1. The first kappa shape index (κ1) is 22.8. The minimum Gasteiger partial charge on any atom is -0.390 e. The maximum atomic E-state index is 14.3. The van der Waals surface area contributed by atoms with Crippen LogP contribution >= 0.6 is 11.9 Å². The van der Waals surface area contributed by atoms with Crippen LogP contribution in [-0.4, -0.2) is 78.6 Å². The average molecular weight is 462 g/mol. The first-order valence-electron chi connectivity index (χ1n) is 9.08. The first-order valence-corrected chi connectivity index (χ1v) is 11.4. The topological polar surface area (TPSA) is 202 Å². The zero-order chi connectivity index (χ0) is 21.9. The van der Waals surface area contributed by atoms with E-state index in [0.717, 1.165) is 11.9 Å². The number of piperidine rings is 1. The van der Waals surface area contributed by atoms with E-state index in [4.69, 9.17) is 16.6 Å². The van der Waals surface area contributed by atoms with Crippen molar-refractivity contribution in [3.8, 4) is 11.4 Å². The van der Waals surface area contributed by atoms with Crippen LogP contribution in [0.3, 0.4) is 0 Å². The molecule has 0 saturated carbocycles. The highest BCUT2D eigenvalue weighted by Gasteiger charge is 2.32. The summed E-state index contributed by atoms with van der Waals surface area (Å²) in [5, 5.41) is 28.8. The highest BCUT2D eigenvalue weighted by Crippen LogP contribution is 2.40. The predicted molar refractivity (Wildman–Crippen MR) is 110 cm³/mol. The van der Waals surface area contributed by atoms with Gasteiger partial charge in [-0.25, -0.2) is 17.9 Å². The Balaban J connectivity index is 2.08. The van der Waals surface area contributed by atoms with Gasteiger partial charge in [-0.15, -0.1) is 10.2 Å². The SMILES string of the molecule is NC[C@@H](O)CNSc1ccc(N2CC[C@H](N)[C@H](F)C2)c(-c2nn[nH]n2)c1S(N)(=O)=O. The lowest BCUT2D eigenvalue weighted by Gasteiger charge is -2.35. The number of aromatic nitrogens is 4. The van der Waals surface area contributed by atoms with Crippen molar-refractivity contribution in [3.05, 3.63) is 12.1 Å². The number of hydrogen-bond acceptors (Lipinski definition) is 11. The van der Waals surface area contributed by atoms with E-state index in [0.29, 0.717) is 18.7 Å². The zero-order valence-corrected chi connectivity index (χ0v) is 17.5. The molecule has 0 radical (unpaired) electrons. The van der Waals surface area contributed by atoms with Crippen LogP contribution in [0.15, 0.2) is 21.9 Å². The smallest absolute Gasteiger partial charge is 0.240 e. The fraction of sp³-hybridized carbons (Fsp3) is 0.533. The van der Waals surface area contributed by atoms with E-state index in [9.17, 15) is 17.9 Å². The van der Waals surface area contributed by atoms with Gasteiger partial charge in [0.2, 0.25) is 15.8 Å². The number of aromatic amines is 1. The summed E-state index contributed by atoms with van der Waals surface area (Å²) in [5.41, 5.74) is 11.7. The van der Waals surface area contributed by atoms with Crippen molar-refractivity contribution in [2.24, 2.45) is 16.6 Å². The molecule has 1 aromatic carbocycles. The summed E-state index contributed by atoms with van der Waals surface area (Å²) in [6.07, 6.45) is -1.68. The van der Waals surface area contributed by atoms with E-state index in [1.807, 2.05) is 0 Å². The molecule has 0 amide bonds. The number of rotatable bonds is 8. The summed E-state index contributed by atoms with van der Waals surface area (Å²) < 4.78 is 42.2. The second-order valence-electron chi connectivity index (χ2n) is 6.82. The quantitative estimate of drug-likeness (QED) is 0.245. The number of aliphatic hydroxyl groups excluding tert-OH is 1. The van der Waals surface area contributed by atoms with E-state index in [2.05, 4.69) is 25.3 Å². The van der Waals surface area contributed by atoms with Gasteiger partial charge in [0.1, 0.15) is 11.1 Å². The third kappa shape index (κ3) is 5.05. The molecule has 3 rings (SSSR count). The van der Waals surface area contributed by atoms with Crippen molar-refractivity contribution in [3.63, 3.8) is 0 Å². The first-order chi connectivity index (χ1) is 14.2. The molecule has 2 aromatic rings. The highest BCUT2D eigenvalue weighted by atomic mass is 32.2. The fourth-order valence-electron chi connectivity index (χ4n) is 3.10. The molecule has 30 heavy (non-hydrogen) atoms. The molecule has 0 spiro atoms. The molecule has 15 heteroatoms. The number of nitrogens with zero attached hydrogens (tertiary/aromatic N) is 4. The molecule has 1 fully saturated rings. The Morgan fingerprint density at radius 1 is 1.47 bits per heavy atom. The van der Waals surface area contributed by atoms with E-state index in [1.165, 1.54) is 0 Å². The number of halogens is 1. The molecule has 0 unspecified atom stereocenters. The van der Waals surface area contributed by atoms with Gasteiger partial charge in [0, 0.05) is 36.3 Å². The molecule has 3 atom stereocenters. The van der Waals surface area contributed by atoms with Gasteiger partial charge >= 0.3 is 0 Å². The summed E-state index contributed by atoms with van der Waals surface area (Å²) in [6.45, 7) is 0.579. The zero-order valence-electron chi connectivity index (χ0n) is 15.9. The number of nitrogens with two attached hydrogens (primary N) is 3. The third-order valence-electron chi connectivity index (χ3n) is 4.66. The van der Waals surface area contributed by atoms with Crippen molar-refractivity contribution in [2.75, 3.05) is 31.1 Å². The highest BCUT2D eigenvalue weighted by molar-refractivity contribution is 7.98. The molecule has 0 aliphatic carbocycles. The molecule has 1 aliphatic heterocycles. The second-order valence-corrected chi connectivity index (χ2v) is 9.25. The number of primary sulfonamides is 1. The Bertz CT molecular complexity index is 961. The summed E-state index contributed by atoms with van der Waals surface area (Å²) in [7, 11) is -4.25. The molecule has 12 nitrogen and oxygen atoms in total. The Labute approximate surface area is 176 Å². The molecule has 1 aliphatic rings. The Hall–Kier alpha value is -1.88. The second kappa shape index (κ2) is 9.51. The van der Waals surface area contributed by atoms with E-state index < -0.39 is 28.3 Å². The summed E-state index contributed by atoms with van der Waals surface area (Å²) in [6, 6.07) is 2.61. The number of anilines is 1. The number of nitrogens with one attached hydrogen (secondary N) is 2. The molecular formula is C15H24FN9O3S2. The molecule has 9 N–H and O–H groups in total. The molecular weight excluding hydrogens is 437 g/mol. The lowest BCUT2D eigenvalue weighted by molar-refractivity contribution is 0.188. The van der Waals surface area contributed by atoms with E-state index in [-0.39, 0.29) is 40.8 Å².